The number of anilines is 1. The monoisotopic (exact) mass is 177 g/mol. The standard InChI is InChI=1S/C11H15NO/c1-2-12-8-10(13)7-9-5-3-4-6-11(9)12/h3-6,10,13H,2,7-8H2,1H3/t10-/m1/s1. The van der Waals surface area contributed by atoms with Crippen LogP contribution in [0.5, 0.6) is 0 Å². The van der Waals surface area contributed by atoms with Gasteiger partial charge in [0.1, 0.15) is 0 Å². The summed E-state index contributed by atoms with van der Waals surface area (Å²) in [5.74, 6) is 0. The second-order valence-electron chi connectivity index (χ2n) is 3.53. The quantitative estimate of drug-likeness (QED) is 0.701. The van der Waals surface area contributed by atoms with Gasteiger partial charge >= 0.3 is 0 Å². The first-order chi connectivity index (χ1) is 6.31. The van der Waals surface area contributed by atoms with Gasteiger partial charge < -0.3 is 10.0 Å². The highest BCUT2D eigenvalue weighted by molar-refractivity contribution is 5.55. The number of β-amino-alcohol motifs (C(OH)–C–C–N with tert-alkyl or cyclic N) is 1. The maximum absolute atomic E-state index is 9.62. The van der Waals surface area contributed by atoms with Crippen LogP contribution in [0.3, 0.4) is 0 Å². The molecule has 0 spiro atoms. The van der Waals surface area contributed by atoms with Crippen molar-refractivity contribution in [2.45, 2.75) is 19.4 Å². The first-order valence-corrected chi connectivity index (χ1v) is 4.82. The smallest absolute Gasteiger partial charge is 0.0756 e. The second-order valence-corrected chi connectivity index (χ2v) is 3.53. The molecule has 0 saturated carbocycles. The van der Waals surface area contributed by atoms with Crippen LogP contribution in [0.15, 0.2) is 24.3 Å². The van der Waals surface area contributed by atoms with Crippen LogP contribution < -0.4 is 4.90 Å². The number of benzene rings is 1. The fourth-order valence-corrected chi connectivity index (χ4v) is 1.96. The Morgan fingerprint density at radius 3 is 3.00 bits per heavy atom. The molecule has 70 valence electrons. The molecule has 0 fully saturated rings. The van der Waals surface area contributed by atoms with Crippen molar-refractivity contribution in [2.75, 3.05) is 18.0 Å². The van der Waals surface area contributed by atoms with Crippen LogP contribution in [0, 0.1) is 0 Å². The molecule has 0 unspecified atom stereocenters. The maximum Gasteiger partial charge on any atom is 0.0756 e. The van der Waals surface area contributed by atoms with Crippen LogP contribution in [0.1, 0.15) is 12.5 Å². The van der Waals surface area contributed by atoms with Crippen LogP contribution in [0.25, 0.3) is 0 Å². The van der Waals surface area contributed by atoms with E-state index in [4.69, 9.17) is 0 Å². The van der Waals surface area contributed by atoms with Gasteiger partial charge in [-0.2, -0.15) is 0 Å². The summed E-state index contributed by atoms with van der Waals surface area (Å²) in [5, 5.41) is 9.62. The van der Waals surface area contributed by atoms with Crippen molar-refractivity contribution < 1.29 is 5.11 Å². The van der Waals surface area contributed by atoms with E-state index in [0.717, 1.165) is 19.5 Å². The molecular formula is C11H15NO. The van der Waals surface area contributed by atoms with Gasteiger partial charge in [0.25, 0.3) is 0 Å². The van der Waals surface area contributed by atoms with E-state index in [1.165, 1.54) is 11.3 Å². The zero-order valence-electron chi connectivity index (χ0n) is 7.90. The molecule has 0 radical (unpaired) electrons. The van der Waals surface area contributed by atoms with Crippen molar-refractivity contribution in [3.8, 4) is 0 Å². The van der Waals surface area contributed by atoms with E-state index in [9.17, 15) is 5.11 Å². The van der Waals surface area contributed by atoms with E-state index in [-0.39, 0.29) is 6.10 Å². The lowest BCUT2D eigenvalue weighted by Gasteiger charge is -2.33. The number of para-hydroxylation sites is 1. The van der Waals surface area contributed by atoms with Gasteiger partial charge in [-0.1, -0.05) is 18.2 Å². The minimum absolute atomic E-state index is 0.199. The Bertz CT molecular complexity index is 298. The van der Waals surface area contributed by atoms with Crippen molar-refractivity contribution >= 4 is 5.69 Å². The molecule has 1 aromatic carbocycles. The molecule has 1 aliphatic rings. The second kappa shape index (κ2) is 3.38. The Morgan fingerprint density at radius 2 is 2.23 bits per heavy atom. The number of aliphatic hydroxyl groups excluding tert-OH is 1. The highest BCUT2D eigenvalue weighted by Crippen LogP contribution is 2.26. The summed E-state index contributed by atoms with van der Waals surface area (Å²) in [6, 6.07) is 8.31. The molecule has 1 aliphatic heterocycles. The topological polar surface area (TPSA) is 23.5 Å². The van der Waals surface area contributed by atoms with Crippen LogP contribution in [0.2, 0.25) is 0 Å². The highest BCUT2D eigenvalue weighted by Gasteiger charge is 2.20. The van der Waals surface area contributed by atoms with E-state index in [1.807, 2.05) is 6.07 Å². The van der Waals surface area contributed by atoms with Gasteiger partial charge in [0.05, 0.1) is 6.10 Å². The Kier molecular flexibility index (Phi) is 2.23. The molecule has 0 aromatic heterocycles. The number of rotatable bonds is 1. The predicted octanol–water partition coefficient (Wildman–Crippen LogP) is 1.43. The van der Waals surface area contributed by atoms with Gasteiger partial charge in [-0.25, -0.2) is 0 Å². The SMILES string of the molecule is CCN1C[C@H](O)Cc2ccccc21. The van der Waals surface area contributed by atoms with Crippen molar-refractivity contribution in [1.29, 1.82) is 0 Å². The molecule has 1 atom stereocenters. The third kappa shape index (κ3) is 1.54. The predicted molar refractivity (Wildman–Crippen MR) is 54.0 cm³/mol. The number of nitrogens with zero attached hydrogens (tertiary/aromatic N) is 1. The third-order valence-electron chi connectivity index (χ3n) is 2.60. The molecular weight excluding hydrogens is 162 g/mol. The average Bonchev–Trinajstić information content (AvgIpc) is 2.16. The average molecular weight is 177 g/mol. The molecule has 0 amide bonds. The van der Waals surface area contributed by atoms with E-state index in [1.54, 1.807) is 0 Å². The first-order valence-electron chi connectivity index (χ1n) is 4.82. The Hall–Kier alpha value is -1.02. The first kappa shape index (κ1) is 8.57. The molecule has 1 N–H and O–H groups in total. The van der Waals surface area contributed by atoms with Gasteiger partial charge in [0, 0.05) is 25.2 Å². The van der Waals surface area contributed by atoms with Crippen molar-refractivity contribution in [3.05, 3.63) is 29.8 Å². The molecule has 1 heterocycles. The molecule has 2 heteroatoms. The maximum atomic E-state index is 9.62. The summed E-state index contributed by atoms with van der Waals surface area (Å²) >= 11 is 0. The lowest BCUT2D eigenvalue weighted by molar-refractivity contribution is 0.175. The van der Waals surface area contributed by atoms with Crippen molar-refractivity contribution in [3.63, 3.8) is 0 Å². The molecule has 2 nitrogen and oxygen atoms in total. The Balaban J connectivity index is 2.37. The summed E-state index contributed by atoms with van der Waals surface area (Å²) in [6.07, 6.45) is 0.599. The number of likely N-dealkylation sites (N-methyl/N-ethyl adjacent to an activating group) is 1. The molecule has 1 aromatic rings. The number of hydrogen-bond acceptors (Lipinski definition) is 2. The van der Waals surface area contributed by atoms with Crippen LogP contribution in [0.4, 0.5) is 5.69 Å². The highest BCUT2D eigenvalue weighted by atomic mass is 16.3. The molecule has 0 saturated heterocycles. The lowest BCUT2D eigenvalue weighted by atomic mass is 10.00. The fourth-order valence-electron chi connectivity index (χ4n) is 1.96. The minimum atomic E-state index is -0.199. The lowest BCUT2D eigenvalue weighted by Crippen LogP contribution is -2.38. The van der Waals surface area contributed by atoms with Gasteiger partial charge in [0.2, 0.25) is 0 Å². The van der Waals surface area contributed by atoms with Gasteiger partial charge in [-0.3, -0.25) is 0 Å². The van der Waals surface area contributed by atoms with E-state index in [0.29, 0.717) is 0 Å². The zero-order valence-corrected chi connectivity index (χ0v) is 7.90. The minimum Gasteiger partial charge on any atom is -0.391 e. The van der Waals surface area contributed by atoms with E-state index in [2.05, 4.69) is 30.0 Å². The molecule has 2 rings (SSSR count). The molecule has 0 bridgehead atoms. The third-order valence-corrected chi connectivity index (χ3v) is 2.60. The van der Waals surface area contributed by atoms with Crippen molar-refractivity contribution in [1.82, 2.24) is 0 Å². The summed E-state index contributed by atoms with van der Waals surface area (Å²) < 4.78 is 0. The van der Waals surface area contributed by atoms with E-state index >= 15 is 0 Å². The van der Waals surface area contributed by atoms with Crippen LogP contribution in [-0.2, 0) is 6.42 Å². The Labute approximate surface area is 78.8 Å². The van der Waals surface area contributed by atoms with Gasteiger partial charge in [-0.05, 0) is 18.6 Å². The van der Waals surface area contributed by atoms with Crippen LogP contribution in [-0.4, -0.2) is 24.3 Å². The summed E-state index contributed by atoms with van der Waals surface area (Å²) in [4.78, 5) is 2.23. The summed E-state index contributed by atoms with van der Waals surface area (Å²) in [5.41, 5.74) is 2.55. The summed E-state index contributed by atoms with van der Waals surface area (Å²) in [6.45, 7) is 3.86. The van der Waals surface area contributed by atoms with Gasteiger partial charge in [0.15, 0.2) is 0 Å². The number of aliphatic hydroxyl groups is 1. The Morgan fingerprint density at radius 1 is 1.46 bits per heavy atom. The molecule has 0 aliphatic carbocycles. The number of hydrogen-bond donors (Lipinski definition) is 1. The largest absolute Gasteiger partial charge is 0.391 e. The van der Waals surface area contributed by atoms with Crippen LogP contribution >= 0.6 is 0 Å². The fraction of sp³-hybridized carbons (Fsp3) is 0.455. The van der Waals surface area contributed by atoms with Gasteiger partial charge in [-0.15, -0.1) is 0 Å². The zero-order chi connectivity index (χ0) is 9.26. The molecule has 13 heavy (non-hydrogen) atoms. The van der Waals surface area contributed by atoms with E-state index < -0.39 is 0 Å². The van der Waals surface area contributed by atoms with Crippen molar-refractivity contribution in [2.24, 2.45) is 0 Å². The number of fused-ring (bicyclic) bond motifs is 1. The normalized spacial score (nSPS) is 21.4. The summed E-state index contributed by atoms with van der Waals surface area (Å²) in [7, 11) is 0.